The predicted octanol–water partition coefficient (Wildman–Crippen LogP) is 2.27. The molecule has 0 spiro atoms. The van der Waals surface area contributed by atoms with Gasteiger partial charge in [0.15, 0.2) is 0 Å². The molecule has 23 heavy (non-hydrogen) atoms. The van der Waals surface area contributed by atoms with Gasteiger partial charge in [-0.1, -0.05) is 6.42 Å². The van der Waals surface area contributed by atoms with Gasteiger partial charge >= 0.3 is 0 Å². The number of hydrogen-bond acceptors (Lipinski definition) is 5. The zero-order valence-electron chi connectivity index (χ0n) is 12.8. The Morgan fingerprint density at radius 2 is 2.00 bits per heavy atom. The predicted molar refractivity (Wildman–Crippen MR) is 86.0 cm³/mol. The van der Waals surface area contributed by atoms with Crippen molar-refractivity contribution in [2.75, 3.05) is 5.32 Å². The quantitative estimate of drug-likeness (QED) is 0.756. The Hall–Kier alpha value is -2.70. The number of aromatic nitrogens is 6. The molecule has 0 radical (unpaired) electrons. The van der Waals surface area contributed by atoms with E-state index in [0.717, 1.165) is 30.4 Å². The monoisotopic (exact) mass is 309 g/mol. The lowest BCUT2D eigenvalue weighted by atomic mass is 9.85. The lowest BCUT2D eigenvalue weighted by molar-refractivity contribution is 0.264. The van der Waals surface area contributed by atoms with E-state index >= 15 is 0 Å². The zero-order valence-corrected chi connectivity index (χ0v) is 12.8. The molecule has 1 aromatic carbocycles. The summed E-state index contributed by atoms with van der Waals surface area (Å²) in [6, 6.07) is 10.1. The Bertz CT molecular complexity index is 741. The fourth-order valence-electron chi connectivity index (χ4n) is 2.80. The van der Waals surface area contributed by atoms with Crippen LogP contribution in [0.15, 0.2) is 42.9 Å². The Morgan fingerprint density at radius 3 is 2.70 bits per heavy atom. The van der Waals surface area contributed by atoms with E-state index in [2.05, 4.69) is 36.7 Å². The van der Waals surface area contributed by atoms with Crippen LogP contribution in [0.5, 0.6) is 0 Å². The van der Waals surface area contributed by atoms with Crippen molar-refractivity contribution in [3.63, 3.8) is 0 Å². The van der Waals surface area contributed by atoms with Gasteiger partial charge in [-0.3, -0.25) is 4.68 Å². The Labute approximate surface area is 134 Å². The number of anilines is 1. The fourth-order valence-corrected chi connectivity index (χ4v) is 2.80. The van der Waals surface area contributed by atoms with Crippen molar-refractivity contribution in [2.24, 2.45) is 5.92 Å². The van der Waals surface area contributed by atoms with Gasteiger partial charge in [0.05, 0.1) is 17.9 Å². The summed E-state index contributed by atoms with van der Waals surface area (Å²) in [5, 5.41) is 19.1. The number of rotatable bonds is 6. The van der Waals surface area contributed by atoms with Crippen molar-refractivity contribution < 1.29 is 0 Å². The molecule has 0 saturated heterocycles. The molecular formula is C16H19N7. The highest BCUT2D eigenvalue weighted by Gasteiger charge is 2.19. The van der Waals surface area contributed by atoms with E-state index in [0.29, 0.717) is 0 Å². The van der Waals surface area contributed by atoms with Crippen molar-refractivity contribution in [1.82, 2.24) is 30.0 Å². The number of tetrazole rings is 1. The first-order valence-corrected chi connectivity index (χ1v) is 7.96. The Balaban J connectivity index is 1.38. The minimum absolute atomic E-state index is 0.775. The molecule has 1 N–H and O–H groups in total. The van der Waals surface area contributed by atoms with Crippen LogP contribution in [0.3, 0.4) is 0 Å². The van der Waals surface area contributed by atoms with Crippen LogP contribution in [0.4, 0.5) is 5.69 Å². The van der Waals surface area contributed by atoms with Crippen molar-refractivity contribution in [2.45, 2.75) is 32.4 Å². The van der Waals surface area contributed by atoms with Gasteiger partial charge in [-0.25, -0.2) is 4.68 Å². The average Bonchev–Trinajstić information content (AvgIpc) is 3.21. The minimum Gasteiger partial charge on any atom is -0.379 e. The van der Waals surface area contributed by atoms with Crippen LogP contribution >= 0.6 is 0 Å². The third kappa shape index (κ3) is 3.08. The van der Waals surface area contributed by atoms with Crippen molar-refractivity contribution in [1.29, 1.82) is 0 Å². The molecule has 7 nitrogen and oxygen atoms in total. The van der Waals surface area contributed by atoms with Crippen LogP contribution < -0.4 is 5.32 Å². The Morgan fingerprint density at radius 1 is 1.13 bits per heavy atom. The molecule has 3 aromatic rings. The highest BCUT2D eigenvalue weighted by Crippen LogP contribution is 2.28. The molecule has 0 unspecified atom stereocenters. The maximum Gasteiger partial charge on any atom is 0.143 e. The highest BCUT2D eigenvalue weighted by atomic mass is 15.5. The normalized spacial score (nSPS) is 14.6. The van der Waals surface area contributed by atoms with E-state index in [1.54, 1.807) is 11.0 Å². The smallest absolute Gasteiger partial charge is 0.143 e. The van der Waals surface area contributed by atoms with Gasteiger partial charge in [-0.2, -0.15) is 5.10 Å². The van der Waals surface area contributed by atoms with Gasteiger partial charge in [0.2, 0.25) is 0 Å². The van der Waals surface area contributed by atoms with Crippen LogP contribution in [-0.4, -0.2) is 30.0 Å². The molecule has 0 aliphatic heterocycles. The zero-order chi connectivity index (χ0) is 15.5. The van der Waals surface area contributed by atoms with E-state index < -0.39 is 0 Å². The van der Waals surface area contributed by atoms with Gasteiger partial charge in [-0.15, -0.1) is 5.10 Å². The maximum absolute atomic E-state index is 4.45. The molecule has 118 valence electrons. The molecule has 2 aromatic heterocycles. The number of hydrogen-bond donors (Lipinski definition) is 1. The lowest BCUT2D eigenvalue weighted by Gasteiger charge is -2.25. The largest absolute Gasteiger partial charge is 0.379 e. The van der Waals surface area contributed by atoms with E-state index in [-0.39, 0.29) is 0 Å². The van der Waals surface area contributed by atoms with E-state index in [1.165, 1.54) is 25.0 Å². The number of benzene rings is 1. The topological polar surface area (TPSA) is 73.5 Å². The van der Waals surface area contributed by atoms with Crippen LogP contribution in [0.1, 0.15) is 25.0 Å². The second-order valence-corrected chi connectivity index (χ2v) is 5.96. The van der Waals surface area contributed by atoms with Crippen molar-refractivity contribution >= 4 is 5.69 Å². The highest BCUT2D eigenvalue weighted by molar-refractivity contribution is 5.48. The van der Waals surface area contributed by atoms with Gasteiger partial charge in [0.1, 0.15) is 6.33 Å². The summed E-state index contributed by atoms with van der Waals surface area (Å²) in [6.45, 7) is 1.82. The molecule has 1 aliphatic rings. The molecule has 0 atom stereocenters. The second kappa shape index (κ2) is 6.20. The summed E-state index contributed by atoms with van der Waals surface area (Å²) < 4.78 is 3.77. The molecule has 2 heterocycles. The van der Waals surface area contributed by atoms with Crippen LogP contribution in [-0.2, 0) is 13.1 Å². The summed E-state index contributed by atoms with van der Waals surface area (Å²) in [5.41, 5.74) is 3.23. The van der Waals surface area contributed by atoms with Gasteiger partial charge in [0, 0.05) is 18.4 Å². The fraction of sp³-hybridized carbons (Fsp3) is 0.375. The van der Waals surface area contributed by atoms with E-state index in [1.807, 2.05) is 30.5 Å². The average molecular weight is 309 g/mol. The molecule has 0 amide bonds. The minimum atomic E-state index is 0.775. The van der Waals surface area contributed by atoms with E-state index in [4.69, 9.17) is 0 Å². The van der Waals surface area contributed by atoms with Gasteiger partial charge < -0.3 is 5.32 Å². The van der Waals surface area contributed by atoms with Gasteiger partial charge in [0.25, 0.3) is 0 Å². The van der Waals surface area contributed by atoms with Crippen molar-refractivity contribution in [3.05, 3.63) is 48.5 Å². The first kappa shape index (κ1) is 13.9. The summed E-state index contributed by atoms with van der Waals surface area (Å²) >= 11 is 0. The molecule has 0 bridgehead atoms. The SMILES string of the molecule is c1cc(CNc2ccc(-n3cnnn3)cc2)n(CC2CCC2)n1. The first-order valence-electron chi connectivity index (χ1n) is 7.96. The lowest BCUT2D eigenvalue weighted by Crippen LogP contribution is -2.20. The first-order chi connectivity index (χ1) is 11.4. The van der Waals surface area contributed by atoms with Crippen LogP contribution in [0, 0.1) is 5.92 Å². The van der Waals surface area contributed by atoms with Crippen LogP contribution in [0.25, 0.3) is 5.69 Å². The summed E-state index contributed by atoms with van der Waals surface area (Å²) in [5.74, 6) is 0.809. The summed E-state index contributed by atoms with van der Waals surface area (Å²) in [4.78, 5) is 0. The second-order valence-electron chi connectivity index (χ2n) is 5.96. The number of nitrogens with one attached hydrogen (secondary N) is 1. The van der Waals surface area contributed by atoms with Crippen LogP contribution in [0.2, 0.25) is 0 Å². The molecular weight excluding hydrogens is 290 g/mol. The number of nitrogens with zero attached hydrogens (tertiary/aromatic N) is 6. The van der Waals surface area contributed by atoms with Gasteiger partial charge in [-0.05, 0) is 59.5 Å². The third-order valence-corrected chi connectivity index (χ3v) is 4.41. The molecule has 4 rings (SSSR count). The summed E-state index contributed by atoms with van der Waals surface area (Å²) in [6.07, 6.45) is 7.52. The molecule has 1 saturated carbocycles. The molecule has 1 fully saturated rings. The Kier molecular flexibility index (Phi) is 3.75. The standard InChI is InChI=1S/C16H19N7/c1-2-13(3-1)11-22-16(8-9-19-22)10-17-14-4-6-15(7-5-14)23-12-18-20-21-23/h4-9,12-13,17H,1-3,10-11H2. The van der Waals surface area contributed by atoms with E-state index in [9.17, 15) is 0 Å². The van der Waals surface area contributed by atoms with Crippen molar-refractivity contribution in [3.8, 4) is 5.69 Å². The maximum atomic E-state index is 4.45. The molecule has 1 aliphatic carbocycles. The molecule has 7 heteroatoms. The summed E-state index contributed by atoms with van der Waals surface area (Å²) in [7, 11) is 0. The third-order valence-electron chi connectivity index (χ3n) is 4.41.